The summed E-state index contributed by atoms with van der Waals surface area (Å²) in [6.07, 6.45) is -0.252. The van der Waals surface area contributed by atoms with E-state index < -0.39 is 10.0 Å². The Bertz CT molecular complexity index is 491. The number of nitrogen functional groups attached to an aromatic ring is 1. The number of nitrogens with two attached hydrogens (primary N) is 1. The van der Waals surface area contributed by atoms with Gasteiger partial charge in [-0.25, -0.2) is 8.42 Å². The average molecular weight is 278 g/mol. The van der Waals surface area contributed by atoms with E-state index in [0.717, 1.165) is 11.3 Å². The monoisotopic (exact) mass is 278 g/mol. The first-order chi connectivity index (χ1) is 7.89. The minimum Gasteiger partial charge on any atom is -0.374 e. The van der Waals surface area contributed by atoms with Crippen molar-refractivity contribution in [1.82, 2.24) is 14.5 Å². The van der Waals surface area contributed by atoms with Gasteiger partial charge in [-0.2, -0.15) is 4.31 Å². The van der Waals surface area contributed by atoms with Gasteiger partial charge in [-0.1, -0.05) is 11.3 Å². The van der Waals surface area contributed by atoms with Crippen molar-refractivity contribution in [1.29, 1.82) is 0 Å². The zero-order chi connectivity index (χ0) is 12.6. The second kappa shape index (κ2) is 4.48. The summed E-state index contributed by atoms with van der Waals surface area (Å²) in [5.74, 6) is 0. The molecule has 1 aromatic rings. The summed E-state index contributed by atoms with van der Waals surface area (Å²) in [6, 6.07) is 0. The van der Waals surface area contributed by atoms with Crippen LogP contribution in [0.5, 0.6) is 0 Å². The van der Waals surface area contributed by atoms with E-state index in [2.05, 4.69) is 10.2 Å². The van der Waals surface area contributed by atoms with Crippen LogP contribution in [0.3, 0.4) is 0 Å². The summed E-state index contributed by atoms with van der Waals surface area (Å²) in [7, 11) is -3.59. The van der Waals surface area contributed by atoms with Gasteiger partial charge in [0, 0.05) is 13.1 Å². The van der Waals surface area contributed by atoms with Crippen LogP contribution in [0.4, 0.5) is 5.13 Å². The van der Waals surface area contributed by atoms with Gasteiger partial charge in [0.15, 0.2) is 0 Å². The van der Waals surface area contributed by atoms with Gasteiger partial charge in [0.2, 0.25) is 9.47 Å². The first kappa shape index (κ1) is 12.7. The molecule has 0 unspecified atom stereocenters. The van der Waals surface area contributed by atoms with Crippen molar-refractivity contribution >= 4 is 26.5 Å². The molecule has 17 heavy (non-hydrogen) atoms. The summed E-state index contributed by atoms with van der Waals surface area (Å²) in [6.45, 7) is 4.33. The van der Waals surface area contributed by atoms with E-state index in [4.69, 9.17) is 10.5 Å². The van der Waals surface area contributed by atoms with Crippen LogP contribution in [0.2, 0.25) is 0 Å². The zero-order valence-electron chi connectivity index (χ0n) is 9.53. The van der Waals surface area contributed by atoms with E-state index in [1.807, 2.05) is 13.8 Å². The van der Waals surface area contributed by atoms with Crippen LogP contribution >= 0.6 is 11.3 Å². The molecule has 0 aliphatic carbocycles. The normalized spacial score (nSPS) is 27.2. The highest BCUT2D eigenvalue weighted by Gasteiger charge is 2.34. The van der Waals surface area contributed by atoms with Crippen molar-refractivity contribution in [2.75, 3.05) is 18.8 Å². The molecule has 7 nitrogen and oxygen atoms in total. The van der Waals surface area contributed by atoms with Gasteiger partial charge in [-0.05, 0) is 13.8 Å². The summed E-state index contributed by atoms with van der Waals surface area (Å²) >= 11 is 0.876. The van der Waals surface area contributed by atoms with Crippen LogP contribution in [0.1, 0.15) is 13.8 Å². The lowest BCUT2D eigenvalue weighted by atomic mass is 10.3. The molecule has 0 spiro atoms. The van der Waals surface area contributed by atoms with E-state index in [9.17, 15) is 8.42 Å². The van der Waals surface area contributed by atoms with Crippen LogP contribution in [0.15, 0.2) is 4.34 Å². The molecule has 0 bridgehead atoms. The number of morpholine rings is 1. The minimum absolute atomic E-state index is 0.0590. The maximum Gasteiger partial charge on any atom is 0.272 e. The predicted octanol–water partition coefficient (Wildman–Crippen LogP) is -0.0818. The van der Waals surface area contributed by atoms with Gasteiger partial charge in [0.25, 0.3) is 10.0 Å². The number of sulfonamides is 1. The average Bonchev–Trinajstić information content (AvgIpc) is 2.64. The molecular formula is C8H14N4O3S2. The molecule has 1 aromatic heterocycles. The number of rotatable bonds is 2. The van der Waals surface area contributed by atoms with Crippen molar-refractivity contribution in [3.63, 3.8) is 0 Å². The summed E-state index contributed by atoms with van der Waals surface area (Å²) in [5.41, 5.74) is 5.40. The third-order valence-corrected chi connectivity index (χ3v) is 5.30. The Morgan fingerprint density at radius 2 is 1.94 bits per heavy atom. The number of nitrogens with zero attached hydrogens (tertiary/aromatic N) is 3. The molecule has 1 saturated heterocycles. The summed E-state index contributed by atoms with van der Waals surface area (Å²) in [5, 5.41) is 7.26. The van der Waals surface area contributed by atoms with Gasteiger partial charge in [-0.3, -0.25) is 0 Å². The maximum atomic E-state index is 12.2. The van der Waals surface area contributed by atoms with Crippen molar-refractivity contribution in [3.05, 3.63) is 0 Å². The minimum atomic E-state index is -3.59. The first-order valence-electron chi connectivity index (χ1n) is 5.14. The van der Waals surface area contributed by atoms with Crippen molar-refractivity contribution in [3.8, 4) is 0 Å². The number of aromatic nitrogens is 2. The third kappa shape index (κ3) is 2.57. The number of hydrogen-bond donors (Lipinski definition) is 1. The Kier molecular flexibility index (Phi) is 3.34. The molecule has 0 aromatic carbocycles. The molecule has 9 heteroatoms. The quantitative estimate of drug-likeness (QED) is 0.812. The van der Waals surface area contributed by atoms with Crippen LogP contribution in [0, 0.1) is 0 Å². The van der Waals surface area contributed by atoms with E-state index in [0.29, 0.717) is 13.1 Å². The molecule has 1 aliphatic heterocycles. The van der Waals surface area contributed by atoms with Crippen LogP contribution in [-0.4, -0.2) is 48.2 Å². The fraction of sp³-hybridized carbons (Fsp3) is 0.750. The van der Waals surface area contributed by atoms with Crippen molar-refractivity contribution < 1.29 is 13.2 Å². The lowest BCUT2D eigenvalue weighted by molar-refractivity contribution is -0.0440. The van der Waals surface area contributed by atoms with Gasteiger partial charge >= 0.3 is 0 Å². The molecule has 96 valence electrons. The zero-order valence-corrected chi connectivity index (χ0v) is 11.2. The standard InChI is InChI=1S/C8H14N4O3S2/c1-5-3-12(4-6(2)15-5)17(13,14)8-11-10-7(9)16-8/h5-6H,3-4H2,1-2H3,(H2,9,10)/t5-,6+. The molecule has 0 amide bonds. The molecule has 0 saturated carbocycles. The molecule has 2 N–H and O–H groups in total. The second-order valence-corrected chi connectivity index (χ2v) is 7.11. The molecule has 2 atom stereocenters. The van der Waals surface area contributed by atoms with Crippen LogP contribution in [-0.2, 0) is 14.8 Å². The Morgan fingerprint density at radius 3 is 2.41 bits per heavy atom. The molecule has 1 aliphatic rings. The summed E-state index contributed by atoms with van der Waals surface area (Å²) < 4.78 is 31.2. The topological polar surface area (TPSA) is 98.4 Å². The second-order valence-electron chi connectivity index (χ2n) is 3.99. The first-order valence-corrected chi connectivity index (χ1v) is 7.40. The number of hydrogen-bond acceptors (Lipinski definition) is 7. The fourth-order valence-corrected chi connectivity index (χ4v) is 4.28. The van der Waals surface area contributed by atoms with Gasteiger partial charge in [-0.15, -0.1) is 10.2 Å². The number of anilines is 1. The largest absolute Gasteiger partial charge is 0.374 e. The lowest BCUT2D eigenvalue weighted by Gasteiger charge is -2.33. The van der Waals surface area contributed by atoms with E-state index >= 15 is 0 Å². The van der Waals surface area contributed by atoms with Gasteiger partial charge in [0.1, 0.15) is 0 Å². The highest BCUT2D eigenvalue weighted by atomic mass is 32.2. The van der Waals surface area contributed by atoms with E-state index in [-0.39, 0.29) is 21.7 Å². The van der Waals surface area contributed by atoms with Gasteiger partial charge in [0.05, 0.1) is 12.2 Å². The lowest BCUT2D eigenvalue weighted by Crippen LogP contribution is -2.48. The molecular weight excluding hydrogens is 264 g/mol. The SMILES string of the molecule is C[C@@H]1CN(S(=O)(=O)c2nnc(N)s2)C[C@H](C)O1. The molecule has 2 rings (SSSR count). The fourth-order valence-electron chi connectivity index (χ4n) is 1.76. The molecule has 2 heterocycles. The third-order valence-electron chi connectivity index (χ3n) is 2.37. The predicted molar refractivity (Wildman–Crippen MR) is 63.1 cm³/mol. The summed E-state index contributed by atoms with van der Waals surface area (Å²) in [4.78, 5) is 0. The van der Waals surface area contributed by atoms with Crippen molar-refractivity contribution in [2.24, 2.45) is 0 Å². The highest BCUT2D eigenvalue weighted by Crippen LogP contribution is 2.24. The van der Waals surface area contributed by atoms with E-state index in [1.165, 1.54) is 4.31 Å². The number of ether oxygens (including phenoxy) is 1. The molecule has 1 fully saturated rings. The van der Waals surface area contributed by atoms with Gasteiger partial charge < -0.3 is 10.5 Å². The molecule has 0 radical (unpaired) electrons. The van der Waals surface area contributed by atoms with Crippen molar-refractivity contribution in [2.45, 2.75) is 30.4 Å². The van der Waals surface area contributed by atoms with Crippen LogP contribution in [0.25, 0.3) is 0 Å². The Morgan fingerprint density at radius 1 is 1.35 bits per heavy atom. The Labute approximate surface area is 104 Å². The smallest absolute Gasteiger partial charge is 0.272 e. The van der Waals surface area contributed by atoms with E-state index in [1.54, 1.807) is 0 Å². The Balaban J connectivity index is 2.26. The Hall–Kier alpha value is -0.770. The maximum absolute atomic E-state index is 12.2. The highest BCUT2D eigenvalue weighted by molar-refractivity contribution is 7.91. The van der Waals surface area contributed by atoms with Crippen LogP contribution < -0.4 is 5.73 Å².